The highest BCUT2D eigenvalue weighted by molar-refractivity contribution is 5.97. The summed E-state index contributed by atoms with van der Waals surface area (Å²) in [5, 5.41) is 0. The Hall–Kier alpha value is -2.93. The number of allylic oxidation sites excluding steroid dienone is 1. The molecule has 1 unspecified atom stereocenters. The summed E-state index contributed by atoms with van der Waals surface area (Å²) in [5.41, 5.74) is 10.00. The van der Waals surface area contributed by atoms with Crippen LogP contribution in [0.3, 0.4) is 0 Å². The lowest BCUT2D eigenvalue weighted by Crippen LogP contribution is -2.03. The zero-order valence-electron chi connectivity index (χ0n) is 16.8. The predicted octanol–water partition coefficient (Wildman–Crippen LogP) is 6.78. The molecular weight excluding hydrogens is 340 g/mol. The fraction of sp³-hybridized carbons (Fsp3) is 0.222. The van der Waals surface area contributed by atoms with Crippen molar-refractivity contribution in [3.63, 3.8) is 0 Å². The number of rotatable bonds is 5. The minimum absolute atomic E-state index is 0.129. The van der Waals surface area contributed by atoms with Crippen LogP contribution in [0.5, 0.6) is 0 Å². The molecule has 1 heteroatoms. The summed E-state index contributed by atoms with van der Waals surface area (Å²) in [4.78, 5) is 11.9. The van der Waals surface area contributed by atoms with E-state index in [0.29, 0.717) is 5.92 Å². The number of benzene rings is 3. The van der Waals surface area contributed by atoms with E-state index < -0.39 is 0 Å². The van der Waals surface area contributed by atoms with Crippen molar-refractivity contribution in [2.24, 2.45) is 0 Å². The zero-order valence-corrected chi connectivity index (χ0v) is 16.8. The molecule has 1 aliphatic rings. The molecule has 3 aromatic rings. The van der Waals surface area contributed by atoms with E-state index in [-0.39, 0.29) is 5.78 Å². The third-order valence-electron chi connectivity index (χ3n) is 5.67. The topological polar surface area (TPSA) is 17.1 Å². The number of hydrogen-bond donors (Lipinski definition) is 0. The zero-order chi connectivity index (χ0) is 19.7. The molecule has 0 heterocycles. The highest BCUT2D eigenvalue weighted by Crippen LogP contribution is 2.44. The molecule has 0 fully saturated rings. The van der Waals surface area contributed by atoms with Crippen LogP contribution in [-0.4, -0.2) is 5.78 Å². The number of aryl methyl sites for hydroxylation is 3. The van der Waals surface area contributed by atoms with Crippen LogP contribution in [0.4, 0.5) is 0 Å². The third kappa shape index (κ3) is 3.71. The van der Waals surface area contributed by atoms with E-state index in [2.05, 4.69) is 80.6 Å². The van der Waals surface area contributed by atoms with Crippen molar-refractivity contribution in [1.29, 1.82) is 0 Å². The summed E-state index contributed by atoms with van der Waals surface area (Å²) >= 11 is 0. The molecule has 1 nitrogen and oxygen atoms in total. The Bertz CT molecular complexity index is 1040. The van der Waals surface area contributed by atoms with Gasteiger partial charge < -0.3 is 0 Å². The van der Waals surface area contributed by atoms with Crippen molar-refractivity contribution in [2.75, 3.05) is 0 Å². The minimum atomic E-state index is 0.129. The van der Waals surface area contributed by atoms with E-state index in [4.69, 9.17) is 0 Å². The number of hydrogen-bond acceptors (Lipinski definition) is 1. The number of Topliss-reactive ketones (excluding diaryl/α,β-unsaturated/α-hetero) is 1. The molecule has 3 aromatic carbocycles. The van der Waals surface area contributed by atoms with E-state index in [9.17, 15) is 4.79 Å². The number of ketones is 1. The lowest BCUT2D eigenvalue weighted by atomic mass is 9.85. The Kier molecular flexibility index (Phi) is 5.00. The minimum Gasteiger partial charge on any atom is -0.295 e. The first-order chi connectivity index (χ1) is 13.5. The summed E-state index contributed by atoms with van der Waals surface area (Å²) in [6.45, 7) is 5.97. The quantitative estimate of drug-likeness (QED) is 0.455. The molecule has 0 spiro atoms. The maximum absolute atomic E-state index is 11.9. The van der Waals surface area contributed by atoms with Gasteiger partial charge in [0.2, 0.25) is 0 Å². The summed E-state index contributed by atoms with van der Waals surface area (Å²) in [6.07, 6.45) is 4.37. The van der Waals surface area contributed by atoms with Gasteiger partial charge in [0.05, 0.1) is 0 Å². The van der Waals surface area contributed by atoms with Crippen molar-refractivity contribution in [2.45, 2.75) is 39.5 Å². The Morgan fingerprint density at radius 1 is 0.893 bits per heavy atom. The standard InChI is InChI=1S/C27H26O/c1-18-13-19(2)15-21(14-18)9-12-25-26(22-7-5-4-6-8-22)17-24-11-10-23(20(3)28)16-27(24)25/h4-8,10-11,13-17,25H,9,12H2,1-3H3. The average molecular weight is 367 g/mol. The first-order valence-electron chi connectivity index (χ1n) is 10.0. The van der Waals surface area contributed by atoms with Gasteiger partial charge in [0, 0.05) is 11.5 Å². The highest BCUT2D eigenvalue weighted by Gasteiger charge is 2.26. The van der Waals surface area contributed by atoms with Gasteiger partial charge in [0.25, 0.3) is 0 Å². The van der Waals surface area contributed by atoms with E-state index in [1.54, 1.807) is 6.92 Å². The second-order valence-electron chi connectivity index (χ2n) is 7.95. The molecule has 4 rings (SSSR count). The second kappa shape index (κ2) is 7.59. The van der Waals surface area contributed by atoms with Crippen molar-refractivity contribution >= 4 is 17.4 Å². The second-order valence-corrected chi connectivity index (χ2v) is 7.95. The summed E-state index contributed by atoms with van der Waals surface area (Å²) < 4.78 is 0. The summed E-state index contributed by atoms with van der Waals surface area (Å²) in [6, 6.07) is 23.6. The lowest BCUT2D eigenvalue weighted by Gasteiger charge is -2.18. The molecule has 0 saturated carbocycles. The molecule has 0 saturated heterocycles. The highest BCUT2D eigenvalue weighted by atomic mass is 16.1. The molecule has 0 radical (unpaired) electrons. The van der Waals surface area contributed by atoms with Gasteiger partial charge in [-0.05, 0) is 67.5 Å². The van der Waals surface area contributed by atoms with Crippen LogP contribution in [0, 0.1) is 13.8 Å². The summed E-state index contributed by atoms with van der Waals surface area (Å²) in [7, 11) is 0. The van der Waals surface area contributed by atoms with Crippen LogP contribution in [0.1, 0.15) is 63.0 Å². The van der Waals surface area contributed by atoms with E-state index >= 15 is 0 Å². The maximum Gasteiger partial charge on any atom is 0.159 e. The van der Waals surface area contributed by atoms with Gasteiger partial charge in [-0.3, -0.25) is 4.79 Å². The SMILES string of the molecule is CC(=O)c1ccc2c(c1)C(CCc1cc(C)cc(C)c1)C(c1ccccc1)=C2. The molecule has 0 N–H and O–H groups in total. The Balaban J connectivity index is 1.70. The largest absolute Gasteiger partial charge is 0.295 e. The number of carbonyl (C=O) groups excluding carboxylic acids is 1. The van der Waals surface area contributed by atoms with Crippen LogP contribution >= 0.6 is 0 Å². The van der Waals surface area contributed by atoms with E-state index in [1.807, 2.05) is 6.07 Å². The molecule has 140 valence electrons. The van der Waals surface area contributed by atoms with Gasteiger partial charge in [-0.2, -0.15) is 0 Å². The lowest BCUT2D eigenvalue weighted by molar-refractivity contribution is 0.101. The molecule has 1 aliphatic carbocycles. The third-order valence-corrected chi connectivity index (χ3v) is 5.67. The molecule has 0 aliphatic heterocycles. The monoisotopic (exact) mass is 366 g/mol. The average Bonchev–Trinajstić information content (AvgIpc) is 3.04. The van der Waals surface area contributed by atoms with E-state index in [0.717, 1.165) is 18.4 Å². The molecule has 0 bridgehead atoms. The predicted molar refractivity (Wildman–Crippen MR) is 118 cm³/mol. The van der Waals surface area contributed by atoms with Crippen LogP contribution in [0.25, 0.3) is 11.6 Å². The molecule has 1 atom stereocenters. The normalized spacial score (nSPS) is 15.2. The molecule has 0 amide bonds. The van der Waals surface area contributed by atoms with Gasteiger partial charge in [0.1, 0.15) is 0 Å². The summed E-state index contributed by atoms with van der Waals surface area (Å²) in [5.74, 6) is 0.446. The van der Waals surface area contributed by atoms with Crippen molar-refractivity contribution in [3.05, 3.63) is 106 Å². The van der Waals surface area contributed by atoms with Crippen LogP contribution in [0.2, 0.25) is 0 Å². The van der Waals surface area contributed by atoms with Gasteiger partial charge in [-0.1, -0.05) is 77.9 Å². The first-order valence-corrected chi connectivity index (χ1v) is 10.0. The number of carbonyl (C=O) groups is 1. The fourth-order valence-corrected chi connectivity index (χ4v) is 4.41. The van der Waals surface area contributed by atoms with Gasteiger partial charge in [0.15, 0.2) is 5.78 Å². The Morgan fingerprint density at radius 3 is 2.29 bits per heavy atom. The molecule has 0 aromatic heterocycles. The van der Waals surface area contributed by atoms with Gasteiger partial charge >= 0.3 is 0 Å². The van der Waals surface area contributed by atoms with Crippen molar-refractivity contribution < 1.29 is 4.79 Å². The molecule has 28 heavy (non-hydrogen) atoms. The van der Waals surface area contributed by atoms with Gasteiger partial charge in [-0.25, -0.2) is 0 Å². The smallest absolute Gasteiger partial charge is 0.159 e. The van der Waals surface area contributed by atoms with Crippen LogP contribution in [-0.2, 0) is 6.42 Å². The van der Waals surface area contributed by atoms with Crippen LogP contribution in [0.15, 0.2) is 66.7 Å². The first kappa shape index (κ1) is 18.4. The fourth-order valence-electron chi connectivity index (χ4n) is 4.41. The molecular formula is C27H26O. The number of fused-ring (bicyclic) bond motifs is 1. The van der Waals surface area contributed by atoms with Crippen molar-refractivity contribution in [1.82, 2.24) is 0 Å². The van der Waals surface area contributed by atoms with Crippen molar-refractivity contribution in [3.8, 4) is 0 Å². The Morgan fingerprint density at radius 2 is 1.61 bits per heavy atom. The maximum atomic E-state index is 11.9. The Labute approximate surface area is 167 Å². The van der Waals surface area contributed by atoms with Gasteiger partial charge in [-0.15, -0.1) is 0 Å². The van der Waals surface area contributed by atoms with E-state index in [1.165, 1.54) is 39.0 Å². The van der Waals surface area contributed by atoms with Crippen LogP contribution < -0.4 is 0 Å².